The van der Waals surface area contributed by atoms with Gasteiger partial charge >= 0.3 is 5.69 Å². The van der Waals surface area contributed by atoms with Crippen LogP contribution in [0.3, 0.4) is 0 Å². The monoisotopic (exact) mass is 638 g/mol. The number of aryl methyl sites for hydroxylation is 1. The highest BCUT2D eigenvalue weighted by molar-refractivity contribution is 7.99. The van der Waals surface area contributed by atoms with E-state index in [0.717, 1.165) is 77.5 Å². The Morgan fingerprint density at radius 3 is 2.45 bits per heavy atom. The van der Waals surface area contributed by atoms with Crippen LogP contribution in [0.25, 0.3) is 22.0 Å². The summed E-state index contributed by atoms with van der Waals surface area (Å²) < 4.78 is 16.1. The average Bonchev–Trinajstić information content (AvgIpc) is 3.00. The highest BCUT2D eigenvalue weighted by atomic mass is 35.5. The minimum Gasteiger partial charge on any atom is -0.352 e. The number of likely N-dealkylation sites (N-methyl/N-ethyl adjacent to an activating group) is 1. The van der Waals surface area contributed by atoms with Gasteiger partial charge in [0.15, 0.2) is 0 Å². The van der Waals surface area contributed by atoms with Crippen LogP contribution in [0, 0.1) is 12.7 Å². The number of hydrogen-bond acceptors (Lipinski definition) is 7. The number of piperazine rings is 2. The quantitative estimate of drug-likeness (QED) is 0.350. The summed E-state index contributed by atoms with van der Waals surface area (Å²) >= 11 is 8.01. The van der Waals surface area contributed by atoms with Crippen LogP contribution in [-0.2, 0) is 4.79 Å². The predicted molar refractivity (Wildman–Crippen MR) is 178 cm³/mol. The molecule has 2 aromatic carbocycles. The first kappa shape index (κ1) is 31.1. The van der Waals surface area contributed by atoms with Crippen LogP contribution in [0.1, 0.15) is 32.4 Å². The number of aromatic nitrogens is 2. The topological polar surface area (TPSA) is 64.9 Å². The van der Waals surface area contributed by atoms with Crippen molar-refractivity contribution >= 4 is 46.0 Å². The van der Waals surface area contributed by atoms with Crippen LogP contribution in [0.2, 0.25) is 5.02 Å². The van der Waals surface area contributed by atoms with E-state index < -0.39 is 5.82 Å². The molecule has 6 rings (SSSR count). The number of anilines is 1. The van der Waals surface area contributed by atoms with Crippen LogP contribution in [-0.4, -0.2) is 100 Å². The molecule has 1 amide bonds. The number of benzene rings is 2. The zero-order valence-electron chi connectivity index (χ0n) is 25.9. The van der Waals surface area contributed by atoms with E-state index in [-0.39, 0.29) is 34.7 Å². The number of amides is 1. The van der Waals surface area contributed by atoms with Gasteiger partial charge in [-0.3, -0.25) is 14.3 Å². The Morgan fingerprint density at radius 1 is 1.14 bits per heavy atom. The van der Waals surface area contributed by atoms with E-state index in [1.54, 1.807) is 23.9 Å². The third-order valence-corrected chi connectivity index (χ3v) is 10.9. The molecular weight excluding hydrogens is 599 g/mol. The van der Waals surface area contributed by atoms with Gasteiger partial charge in [0.25, 0.3) is 0 Å². The van der Waals surface area contributed by atoms with Crippen LogP contribution < -0.4 is 10.6 Å². The molecule has 4 heterocycles. The summed E-state index contributed by atoms with van der Waals surface area (Å²) in [6.07, 6.45) is 1.36. The molecule has 0 spiro atoms. The molecule has 2 saturated heterocycles. The van der Waals surface area contributed by atoms with Gasteiger partial charge in [-0.2, -0.15) is 4.98 Å². The molecule has 0 radical (unpaired) electrons. The lowest BCUT2D eigenvalue weighted by Gasteiger charge is -2.45. The Labute approximate surface area is 267 Å². The van der Waals surface area contributed by atoms with Crippen LogP contribution >= 0.6 is 23.4 Å². The molecule has 3 aromatic rings. The summed E-state index contributed by atoms with van der Waals surface area (Å²) in [6.45, 7) is 18.9. The molecule has 3 aliphatic rings. The SMILES string of the molecule is C=CC(=O)N1[C@H](C)CN(c2nc(=O)n3c4c(c(-c5ccc(F)c(Cl)c5)c(C)cc24)SC[C@@H]3CN2CCN(CC)CC2)C[C@@H]1C. The molecule has 0 bridgehead atoms. The van der Waals surface area contributed by atoms with Crippen molar-refractivity contribution in [3.05, 3.63) is 63.8 Å². The second kappa shape index (κ2) is 12.5. The summed E-state index contributed by atoms with van der Waals surface area (Å²) in [5, 5.41) is 0.992. The van der Waals surface area contributed by atoms with Crippen molar-refractivity contribution in [1.29, 1.82) is 0 Å². The van der Waals surface area contributed by atoms with Gasteiger partial charge < -0.3 is 14.7 Å². The van der Waals surface area contributed by atoms with Crippen molar-refractivity contribution < 1.29 is 9.18 Å². The van der Waals surface area contributed by atoms with Gasteiger partial charge in [0, 0.05) is 79.5 Å². The Hall–Kier alpha value is -2.92. The van der Waals surface area contributed by atoms with E-state index in [1.165, 1.54) is 12.1 Å². The summed E-state index contributed by atoms with van der Waals surface area (Å²) in [5.41, 5.74) is 3.41. The summed E-state index contributed by atoms with van der Waals surface area (Å²) in [6, 6.07) is 6.75. The number of carbonyl (C=O) groups is 1. The van der Waals surface area contributed by atoms with Gasteiger partial charge in [-0.05, 0) is 62.7 Å². The maximum Gasteiger partial charge on any atom is 0.350 e. The molecule has 11 heteroatoms. The molecule has 0 N–H and O–H groups in total. The zero-order valence-corrected chi connectivity index (χ0v) is 27.4. The van der Waals surface area contributed by atoms with E-state index in [4.69, 9.17) is 16.6 Å². The van der Waals surface area contributed by atoms with Gasteiger partial charge in [0.05, 0.1) is 16.6 Å². The lowest BCUT2D eigenvalue weighted by atomic mass is 9.97. The predicted octanol–water partition coefficient (Wildman–Crippen LogP) is 5.06. The Balaban J connectivity index is 1.49. The lowest BCUT2D eigenvalue weighted by molar-refractivity contribution is -0.130. The Bertz CT molecular complexity index is 1660. The Kier molecular flexibility index (Phi) is 8.80. The van der Waals surface area contributed by atoms with E-state index >= 15 is 0 Å². The summed E-state index contributed by atoms with van der Waals surface area (Å²) in [7, 11) is 0. The fourth-order valence-corrected chi connectivity index (χ4v) is 8.79. The maximum atomic E-state index is 14.2. The molecule has 0 unspecified atom stereocenters. The minimum atomic E-state index is -0.459. The highest BCUT2D eigenvalue weighted by Crippen LogP contribution is 2.46. The molecule has 0 aliphatic carbocycles. The largest absolute Gasteiger partial charge is 0.352 e. The molecule has 234 valence electrons. The fourth-order valence-electron chi connectivity index (χ4n) is 7.23. The number of rotatable bonds is 6. The van der Waals surface area contributed by atoms with Crippen molar-refractivity contribution in [3.8, 4) is 11.1 Å². The second-order valence-electron chi connectivity index (χ2n) is 12.3. The van der Waals surface area contributed by atoms with Crippen LogP contribution in [0.15, 0.2) is 46.6 Å². The molecule has 1 aromatic heterocycles. The number of carbonyl (C=O) groups excluding carboxylic acids is 1. The van der Waals surface area contributed by atoms with Crippen molar-refractivity contribution in [2.75, 3.05) is 63.0 Å². The third-order valence-electron chi connectivity index (χ3n) is 9.36. The second-order valence-corrected chi connectivity index (χ2v) is 13.7. The molecule has 2 fully saturated rings. The van der Waals surface area contributed by atoms with Crippen LogP contribution in [0.4, 0.5) is 10.2 Å². The standard InChI is InChI=1S/C33H40ClFN6O2S/c1-6-28(42)40-21(4)16-39(17-22(40)5)32-25-14-20(3)29(23-8-9-27(35)26(34)15-23)31-30(25)41(33(43)36-32)24(19-44-31)18-38-12-10-37(7-2)11-13-38/h6,8-9,14-15,21-22,24H,1,7,10-13,16-19H2,2-5H3/t21-,22+,24-/m0/s1. The minimum absolute atomic E-state index is 0.0375. The zero-order chi connectivity index (χ0) is 31.3. The lowest BCUT2D eigenvalue weighted by Crippen LogP contribution is -2.58. The van der Waals surface area contributed by atoms with Crippen LogP contribution in [0.5, 0.6) is 0 Å². The summed E-state index contributed by atoms with van der Waals surface area (Å²) in [4.78, 5) is 41.4. The Morgan fingerprint density at radius 2 is 1.82 bits per heavy atom. The number of thioether (sulfide) groups is 1. The van der Waals surface area contributed by atoms with Gasteiger partial charge in [-0.1, -0.05) is 31.2 Å². The molecular formula is C33H40ClFN6O2S. The molecule has 0 saturated carbocycles. The van der Waals surface area contributed by atoms with Crippen molar-refractivity contribution in [1.82, 2.24) is 24.3 Å². The average molecular weight is 639 g/mol. The van der Waals surface area contributed by atoms with Gasteiger partial charge in [-0.15, -0.1) is 11.8 Å². The first-order valence-corrected chi connectivity index (χ1v) is 16.8. The van der Waals surface area contributed by atoms with E-state index in [0.29, 0.717) is 18.9 Å². The van der Waals surface area contributed by atoms with E-state index in [9.17, 15) is 14.0 Å². The van der Waals surface area contributed by atoms with Gasteiger partial charge in [0.2, 0.25) is 5.91 Å². The molecule has 3 aliphatic heterocycles. The first-order valence-electron chi connectivity index (χ1n) is 15.4. The molecule has 3 atom stereocenters. The van der Waals surface area contributed by atoms with Gasteiger partial charge in [-0.25, -0.2) is 9.18 Å². The van der Waals surface area contributed by atoms with Crippen molar-refractivity contribution in [2.24, 2.45) is 0 Å². The van der Waals surface area contributed by atoms with Crippen molar-refractivity contribution in [3.63, 3.8) is 0 Å². The highest BCUT2D eigenvalue weighted by Gasteiger charge is 2.36. The van der Waals surface area contributed by atoms with Gasteiger partial charge in [0.1, 0.15) is 11.6 Å². The maximum absolute atomic E-state index is 14.2. The smallest absolute Gasteiger partial charge is 0.350 e. The summed E-state index contributed by atoms with van der Waals surface area (Å²) in [5.74, 6) is 0.835. The first-order chi connectivity index (χ1) is 21.1. The van der Waals surface area contributed by atoms with E-state index in [2.05, 4.69) is 34.3 Å². The third kappa shape index (κ3) is 5.55. The molecule has 44 heavy (non-hydrogen) atoms. The van der Waals surface area contributed by atoms with E-state index in [1.807, 2.05) is 30.2 Å². The number of hydrogen-bond donors (Lipinski definition) is 0. The fraction of sp³-hybridized carbons (Fsp3) is 0.485. The van der Waals surface area contributed by atoms with Crippen molar-refractivity contribution in [2.45, 2.75) is 50.7 Å². The normalized spacial score (nSPS) is 22.9. The number of halogens is 2. The molecule has 8 nitrogen and oxygen atoms in total. The number of nitrogens with zero attached hydrogens (tertiary/aromatic N) is 6.